The van der Waals surface area contributed by atoms with E-state index >= 15 is 0 Å². The largest absolute Gasteiger partial charge is 0.412 e. The molecule has 0 saturated carbocycles. The van der Waals surface area contributed by atoms with Gasteiger partial charge in [-0.25, -0.2) is 0 Å². The maximum absolute atomic E-state index is 0. The summed E-state index contributed by atoms with van der Waals surface area (Å²) in [5, 5.41) is 0. The molecule has 0 bridgehead atoms. The Labute approximate surface area is 50.4 Å². The van der Waals surface area contributed by atoms with Gasteiger partial charge >= 0.3 is 0 Å². The van der Waals surface area contributed by atoms with Gasteiger partial charge in [-0.3, -0.25) is 0 Å². The van der Waals surface area contributed by atoms with Crippen molar-refractivity contribution < 1.29 is 43.6 Å². The summed E-state index contributed by atoms with van der Waals surface area (Å²) in [5.41, 5.74) is 0. The molecule has 0 aliphatic rings. The minimum Gasteiger partial charge on any atom is -0.412 e. The van der Waals surface area contributed by atoms with E-state index in [1.807, 2.05) is 0 Å². The van der Waals surface area contributed by atoms with Crippen LogP contribution in [0.1, 0.15) is 0 Å². The van der Waals surface area contributed by atoms with Crippen LogP contribution in [0.2, 0.25) is 0 Å². The third-order valence-corrected chi connectivity index (χ3v) is 0. The van der Waals surface area contributed by atoms with Gasteiger partial charge in [0.15, 0.2) is 0 Å². The van der Waals surface area contributed by atoms with Gasteiger partial charge in [-0.1, -0.05) is 0 Å². The molecule has 6 heteroatoms. The Morgan fingerprint density at radius 1 is 0.500 bits per heavy atom. The summed E-state index contributed by atoms with van der Waals surface area (Å²) in [6.45, 7) is 0. The second-order valence-corrected chi connectivity index (χ2v) is 0. The summed E-state index contributed by atoms with van der Waals surface area (Å²) in [4.78, 5) is 0. The van der Waals surface area contributed by atoms with Crippen molar-refractivity contribution in [2.45, 2.75) is 0 Å². The van der Waals surface area contributed by atoms with Crippen molar-refractivity contribution in [3.8, 4) is 0 Å². The van der Waals surface area contributed by atoms with E-state index in [0.717, 1.165) is 0 Å². The van der Waals surface area contributed by atoms with Crippen molar-refractivity contribution in [3.05, 3.63) is 0 Å². The fourth-order valence-electron chi connectivity index (χ4n) is 0. The Balaban J connectivity index is 0. The van der Waals surface area contributed by atoms with Gasteiger partial charge in [0.1, 0.15) is 0 Å². The zero-order valence-electron chi connectivity index (χ0n) is 3.21. The van der Waals surface area contributed by atoms with E-state index in [-0.39, 0.29) is 49.8 Å². The van der Waals surface area contributed by atoms with Crippen LogP contribution in [0.4, 0.5) is 0 Å². The van der Waals surface area contributed by atoms with Gasteiger partial charge in [-0.15, -0.1) is 0 Å². The van der Waals surface area contributed by atoms with Crippen molar-refractivity contribution in [2.75, 3.05) is 0 Å². The van der Waals surface area contributed by atoms with Crippen molar-refractivity contribution in [1.82, 2.24) is 6.15 Å². The van der Waals surface area contributed by atoms with Gasteiger partial charge in [0.2, 0.25) is 0 Å². The first-order chi connectivity index (χ1) is 0. The van der Waals surface area contributed by atoms with Crippen LogP contribution in [0.25, 0.3) is 0 Å². The molecule has 44 valence electrons. The van der Waals surface area contributed by atoms with Crippen molar-refractivity contribution in [2.24, 2.45) is 0 Å². The van der Waals surface area contributed by atoms with Crippen molar-refractivity contribution in [1.29, 1.82) is 0 Å². The quantitative estimate of drug-likeness (QED) is 0.343. The maximum Gasteiger partial charge on any atom is 0 e. The Morgan fingerprint density at radius 3 is 0.500 bits per heavy atom. The van der Waals surface area contributed by atoms with E-state index < -0.39 is 0 Å². The second-order valence-electron chi connectivity index (χ2n) is 0. The number of hydrogen-bond donors (Lipinski definition) is 1. The van der Waals surface area contributed by atoms with Crippen LogP contribution in [-0.4, -0.2) is 21.9 Å². The van der Waals surface area contributed by atoms with Gasteiger partial charge in [0.05, 0.1) is 0 Å². The molecule has 0 radical (unpaired) electrons. The Hall–Kier alpha value is 0.514. The Kier molecular flexibility index (Phi) is 53000. The molecule has 0 aliphatic carbocycles. The molecule has 0 rings (SSSR count). The summed E-state index contributed by atoms with van der Waals surface area (Å²) in [7, 11) is 0. The third kappa shape index (κ3) is 211. The molecule has 11 N–H and O–H groups in total. The molecule has 0 aliphatic heterocycles. The van der Waals surface area contributed by atoms with Crippen LogP contribution < -0.4 is 6.15 Å². The van der Waals surface area contributed by atoms with Crippen LogP contribution in [0.5, 0.6) is 0 Å². The topological polar surface area (TPSA) is 161 Å². The molecule has 0 fully saturated rings. The fourth-order valence-corrected chi connectivity index (χ4v) is 0. The first-order valence-corrected chi connectivity index (χ1v) is 0. The fraction of sp³-hybridized carbons (Fsp3) is 0. The molecule has 0 aromatic heterocycles. The summed E-state index contributed by atoms with van der Waals surface area (Å²) in [6, 6.07) is 0. The van der Waals surface area contributed by atoms with E-state index in [4.69, 9.17) is 0 Å². The summed E-state index contributed by atoms with van der Waals surface area (Å²) in [6.07, 6.45) is 0. The average molecular weight is 137 g/mol. The summed E-state index contributed by atoms with van der Waals surface area (Å²) < 4.78 is 0. The first kappa shape index (κ1) is 749. The molecule has 0 aromatic carbocycles. The molecule has 0 saturated heterocycles. The summed E-state index contributed by atoms with van der Waals surface area (Å²) >= 11 is 0. The molecule has 0 atom stereocenters. The SMILES string of the molecule is N.O.O.O.O.[Ti]. The molecule has 0 spiro atoms. The van der Waals surface area contributed by atoms with Crippen LogP contribution in [0, 0.1) is 0 Å². The van der Waals surface area contributed by atoms with Gasteiger partial charge < -0.3 is 28.1 Å². The molecule has 5 nitrogen and oxygen atoms in total. The standard InChI is InChI=1S/H3N.4H2O.Ti/h1H3;4*1H2;. The van der Waals surface area contributed by atoms with Crippen molar-refractivity contribution in [3.63, 3.8) is 0 Å². The van der Waals surface area contributed by atoms with Gasteiger partial charge in [-0.2, -0.15) is 0 Å². The minimum absolute atomic E-state index is 0. The van der Waals surface area contributed by atoms with E-state index in [1.54, 1.807) is 0 Å². The van der Waals surface area contributed by atoms with Gasteiger partial charge in [0.25, 0.3) is 0 Å². The number of rotatable bonds is 0. The predicted octanol–water partition coefficient (Wildman–Crippen LogP) is -3.14. The van der Waals surface area contributed by atoms with E-state index in [0.29, 0.717) is 0 Å². The van der Waals surface area contributed by atoms with E-state index in [9.17, 15) is 0 Å². The average Bonchev–Trinajstić information content (AvgIpc) is 0. The van der Waals surface area contributed by atoms with E-state index in [1.165, 1.54) is 0 Å². The van der Waals surface area contributed by atoms with Crippen LogP contribution in [-0.2, 0) is 21.7 Å². The maximum atomic E-state index is 0. The minimum atomic E-state index is 0. The molecule has 0 aromatic rings. The molecular weight excluding hydrogens is 126 g/mol. The summed E-state index contributed by atoms with van der Waals surface area (Å²) in [5.74, 6) is 0. The molecule has 0 unspecified atom stereocenters. The van der Waals surface area contributed by atoms with Crippen molar-refractivity contribution >= 4 is 0 Å². The smallest absolute Gasteiger partial charge is 0 e. The van der Waals surface area contributed by atoms with Crippen LogP contribution in [0.3, 0.4) is 0 Å². The van der Waals surface area contributed by atoms with E-state index in [2.05, 4.69) is 0 Å². The zero-order chi connectivity index (χ0) is 0. The van der Waals surface area contributed by atoms with Crippen LogP contribution >= 0.6 is 0 Å². The predicted molar refractivity (Wildman–Crippen MR) is 19.5 cm³/mol. The molecule has 0 amide bonds. The number of hydrogen-bond acceptors (Lipinski definition) is 1. The zero-order valence-corrected chi connectivity index (χ0v) is 4.77. The molecular formula is H11NO4Ti. The first-order valence-electron chi connectivity index (χ1n) is 0. The normalized spacial score (nSPS) is 0. The Morgan fingerprint density at radius 2 is 0.500 bits per heavy atom. The molecule has 0 heterocycles. The Bertz CT molecular complexity index is 7.51. The monoisotopic (exact) mass is 137 g/mol. The van der Waals surface area contributed by atoms with Gasteiger partial charge in [0, 0.05) is 21.7 Å². The second kappa shape index (κ2) is 425. The third-order valence-electron chi connectivity index (χ3n) is 0. The molecule has 6 heavy (non-hydrogen) atoms. The van der Waals surface area contributed by atoms with Gasteiger partial charge in [-0.05, 0) is 0 Å². The van der Waals surface area contributed by atoms with Crippen LogP contribution in [0.15, 0.2) is 0 Å².